The van der Waals surface area contributed by atoms with Gasteiger partial charge >= 0.3 is 0 Å². The maximum atomic E-state index is 12.4. The summed E-state index contributed by atoms with van der Waals surface area (Å²) in [5.41, 5.74) is 0.775. The van der Waals surface area contributed by atoms with Gasteiger partial charge in [-0.25, -0.2) is 16.8 Å². The van der Waals surface area contributed by atoms with Crippen LogP contribution in [0.4, 0.5) is 11.6 Å². The molecule has 0 saturated carbocycles. The topological polar surface area (TPSA) is 120 Å². The van der Waals surface area contributed by atoms with Crippen LogP contribution >= 0.6 is 11.6 Å². The Hall–Kier alpha value is -2.69. The number of aryl methyl sites for hydroxylation is 1. The van der Waals surface area contributed by atoms with Crippen LogP contribution in [0, 0.1) is 6.92 Å². The molecule has 3 rings (SSSR count). The van der Waals surface area contributed by atoms with Crippen molar-refractivity contribution in [2.75, 3.05) is 4.72 Å². The average molecular weight is 438 g/mol. The van der Waals surface area contributed by atoms with Crippen LogP contribution in [0.1, 0.15) is 5.69 Å². The van der Waals surface area contributed by atoms with Gasteiger partial charge in [-0.15, -0.1) is 0 Å². The number of anilines is 1. The third kappa shape index (κ3) is 4.77. The van der Waals surface area contributed by atoms with Crippen molar-refractivity contribution < 1.29 is 16.8 Å². The van der Waals surface area contributed by atoms with E-state index in [1.807, 2.05) is 0 Å². The Morgan fingerprint density at radius 3 is 2.11 bits per heavy atom. The largest absolute Gasteiger partial charge is 0.366 e. The predicted molar refractivity (Wildman–Crippen MR) is 106 cm³/mol. The molecule has 8 nitrogen and oxygen atoms in total. The zero-order valence-electron chi connectivity index (χ0n) is 14.4. The highest BCUT2D eigenvalue weighted by Crippen LogP contribution is 2.26. The Kier molecular flexibility index (Phi) is 5.54. The molecule has 3 aromatic rings. The van der Waals surface area contributed by atoms with Crippen LogP contribution in [0.5, 0.6) is 0 Å². The van der Waals surface area contributed by atoms with Crippen LogP contribution < -0.4 is 4.72 Å². The molecule has 1 aromatic heterocycles. The van der Waals surface area contributed by atoms with Gasteiger partial charge in [0.05, 0.1) is 9.79 Å². The minimum Gasteiger partial charge on any atom is -0.366 e. The normalized spacial score (nSPS) is 11.8. The van der Waals surface area contributed by atoms with Crippen LogP contribution in [-0.2, 0) is 20.0 Å². The smallest absolute Gasteiger partial charge is 0.261 e. The molecular formula is C17H14ClN4O4S2-. The predicted octanol–water partition coefficient (Wildman–Crippen LogP) is 3.63. The zero-order valence-corrected chi connectivity index (χ0v) is 16.8. The van der Waals surface area contributed by atoms with Crippen LogP contribution in [0.2, 0.25) is 5.02 Å². The number of halogens is 1. The van der Waals surface area contributed by atoms with E-state index in [1.165, 1.54) is 54.7 Å². The first kappa shape index (κ1) is 20.1. The standard InChI is InChI=1S/C17H14ClN4O4S2/c1-12-10-11-19-17(20-12)22-28(25,26)16-8-4-14(5-9-16)21-27(23,24)15-6-2-13(18)3-7-15/h2-11,21H,1H3/q-1. The van der Waals surface area contributed by atoms with Crippen molar-refractivity contribution in [1.29, 1.82) is 0 Å². The van der Waals surface area contributed by atoms with Gasteiger partial charge in [-0.2, -0.15) is 0 Å². The number of benzene rings is 2. The monoisotopic (exact) mass is 437 g/mol. The molecule has 146 valence electrons. The summed E-state index contributed by atoms with van der Waals surface area (Å²) in [4.78, 5) is 7.64. The summed E-state index contributed by atoms with van der Waals surface area (Å²) in [7, 11) is -7.87. The zero-order chi connectivity index (χ0) is 20.4. The molecule has 0 bridgehead atoms. The summed E-state index contributed by atoms with van der Waals surface area (Å²) in [6, 6.07) is 12.4. The van der Waals surface area contributed by atoms with Gasteiger partial charge in [0, 0.05) is 16.7 Å². The number of nitrogens with one attached hydrogen (secondary N) is 1. The summed E-state index contributed by atoms with van der Waals surface area (Å²) < 4.78 is 55.4. The molecule has 0 aliphatic rings. The van der Waals surface area contributed by atoms with E-state index in [1.54, 1.807) is 13.0 Å². The van der Waals surface area contributed by atoms with E-state index in [4.69, 9.17) is 11.6 Å². The highest BCUT2D eigenvalue weighted by atomic mass is 35.5. The lowest BCUT2D eigenvalue weighted by molar-refractivity contribution is 0.600. The van der Waals surface area contributed by atoms with Gasteiger partial charge in [-0.3, -0.25) is 9.44 Å². The summed E-state index contributed by atoms with van der Waals surface area (Å²) in [5, 5.41) is 0.412. The number of nitrogens with zero attached hydrogens (tertiary/aromatic N) is 3. The Morgan fingerprint density at radius 1 is 0.893 bits per heavy atom. The number of hydrogen-bond donors (Lipinski definition) is 1. The van der Waals surface area contributed by atoms with Crippen molar-refractivity contribution in [1.82, 2.24) is 9.97 Å². The molecular weight excluding hydrogens is 424 g/mol. The molecule has 11 heteroatoms. The van der Waals surface area contributed by atoms with Crippen molar-refractivity contribution in [2.45, 2.75) is 16.7 Å². The number of aromatic nitrogens is 2. The second-order valence-corrected chi connectivity index (χ2v) is 9.37. The second-order valence-electron chi connectivity index (χ2n) is 5.65. The van der Waals surface area contributed by atoms with E-state index in [0.717, 1.165) is 0 Å². The summed E-state index contributed by atoms with van der Waals surface area (Å²) >= 11 is 5.76. The molecule has 0 atom stereocenters. The van der Waals surface area contributed by atoms with Crippen LogP contribution in [0.25, 0.3) is 4.72 Å². The van der Waals surface area contributed by atoms with Crippen molar-refractivity contribution in [3.63, 3.8) is 0 Å². The Bertz CT molecular complexity index is 1200. The van der Waals surface area contributed by atoms with Gasteiger partial charge in [0.15, 0.2) is 0 Å². The number of rotatable bonds is 6. The molecule has 2 aromatic carbocycles. The Labute approximate surface area is 167 Å². The van der Waals surface area contributed by atoms with Gasteiger partial charge in [0.2, 0.25) is 10.0 Å². The Balaban J connectivity index is 1.78. The van der Waals surface area contributed by atoms with Gasteiger partial charge in [0.25, 0.3) is 10.0 Å². The van der Waals surface area contributed by atoms with Gasteiger partial charge in [-0.1, -0.05) is 17.7 Å². The molecule has 1 heterocycles. The highest BCUT2D eigenvalue weighted by Gasteiger charge is 2.16. The van der Waals surface area contributed by atoms with Crippen molar-refractivity contribution >= 4 is 43.3 Å². The van der Waals surface area contributed by atoms with Crippen LogP contribution in [0.15, 0.2) is 70.6 Å². The van der Waals surface area contributed by atoms with Crippen molar-refractivity contribution in [2.24, 2.45) is 0 Å². The van der Waals surface area contributed by atoms with E-state index < -0.39 is 20.0 Å². The molecule has 0 spiro atoms. The third-order valence-corrected chi connectivity index (χ3v) is 6.43. The molecule has 28 heavy (non-hydrogen) atoms. The maximum Gasteiger partial charge on any atom is 0.261 e. The molecule has 0 unspecified atom stereocenters. The number of sulfonamides is 2. The van der Waals surface area contributed by atoms with E-state index in [2.05, 4.69) is 19.4 Å². The number of hydrogen-bond acceptors (Lipinski definition) is 6. The lowest BCUT2D eigenvalue weighted by atomic mass is 10.3. The average Bonchev–Trinajstić information content (AvgIpc) is 2.62. The van der Waals surface area contributed by atoms with E-state index in [9.17, 15) is 16.8 Å². The quantitative estimate of drug-likeness (QED) is 0.628. The minimum atomic E-state index is -4.04. The maximum absolute atomic E-state index is 12.4. The summed E-state index contributed by atoms with van der Waals surface area (Å²) in [5.74, 6) is -0.174. The highest BCUT2D eigenvalue weighted by molar-refractivity contribution is 7.94. The van der Waals surface area contributed by atoms with Crippen LogP contribution in [-0.4, -0.2) is 26.8 Å². The molecule has 0 aliphatic carbocycles. The first-order chi connectivity index (χ1) is 13.2. The van der Waals surface area contributed by atoms with Crippen molar-refractivity contribution in [3.8, 4) is 0 Å². The van der Waals surface area contributed by atoms with E-state index in [-0.39, 0.29) is 21.4 Å². The van der Waals surface area contributed by atoms with E-state index in [0.29, 0.717) is 10.7 Å². The van der Waals surface area contributed by atoms with Gasteiger partial charge in [0.1, 0.15) is 0 Å². The SMILES string of the molecule is Cc1ccnc([N-]S(=O)(=O)c2ccc(NS(=O)(=O)c3ccc(Cl)cc3)cc2)n1. The fourth-order valence-corrected chi connectivity index (χ4v) is 4.24. The molecule has 1 N–H and O–H groups in total. The molecule has 0 radical (unpaired) electrons. The summed E-state index contributed by atoms with van der Waals surface area (Å²) in [6.07, 6.45) is 1.41. The molecule has 0 amide bonds. The first-order valence-corrected chi connectivity index (χ1v) is 11.1. The van der Waals surface area contributed by atoms with Crippen molar-refractivity contribution in [3.05, 3.63) is 76.2 Å². The minimum absolute atomic E-state index is 0.0280. The third-order valence-electron chi connectivity index (χ3n) is 3.51. The van der Waals surface area contributed by atoms with E-state index >= 15 is 0 Å². The van der Waals surface area contributed by atoms with Gasteiger partial charge in [-0.05, 0) is 67.3 Å². The first-order valence-electron chi connectivity index (χ1n) is 7.82. The lowest BCUT2D eigenvalue weighted by Gasteiger charge is -2.14. The molecule has 0 aliphatic heterocycles. The molecule has 0 fully saturated rings. The second kappa shape index (κ2) is 7.74. The lowest BCUT2D eigenvalue weighted by Crippen LogP contribution is -2.12. The fraction of sp³-hybridized carbons (Fsp3) is 0.0588. The summed E-state index contributed by atoms with van der Waals surface area (Å²) in [6.45, 7) is 1.69. The van der Waals surface area contributed by atoms with Gasteiger partial charge < -0.3 is 9.97 Å². The fourth-order valence-electron chi connectivity index (χ4n) is 2.16. The Morgan fingerprint density at radius 2 is 1.50 bits per heavy atom. The molecule has 0 saturated heterocycles. The van der Waals surface area contributed by atoms with Crippen LogP contribution in [0.3, 0.4) is 0 Å².